The van der Waals surface area contributed by atoms with Crippen LogP contribution in [0.3, 0.4) is 0 Å². The van der Waals surface area contributed by atoms with Crippen molar-refractivity contribution < 1.29 is 18.8 Å². The van der Waals surface area contributed by atoms with Gasteiger partial charge in [-0.2, -0.15) is 0 Å². The van der Waals surface area contributed by atoms with Crippen molar-refractivity contribution >= 4 is 23.5 Å². The summed E-state index contributed by atoms with van der Waals surface area (Å²) in [5.41, 5.74) is 2.59. The van der Waals surface area contributed by atoms with E-state index in [2.05, 4.69) is 10.6 Å². The van der Waals surface area contributed by atoms with E-state index in [0.29, 0.717) is 26.2 Å². The molecule has 0 unspecified atom stereocenters. The molecular formula is C23H27FN4O3. The van der Waals surface area contributed by atoms with E-state index in [1.54, 1.807) is 21.9 Å². The number of urea groups is 1. The molecule has 1 aliphatic heterocycles. The van der Waals surface area contributed by atoms with Crippen LogP contribution in [0.15, 0.2) is 48.5 Å². The average molecular weight is 426 g/mol. The van der Waals surface area contributed by atoms with Crippen LogP contribution in [0.2, 0.25) is 0 Å². The summed E-state index contributed by atoms with van der Waals surface area (Å²) in [5, 5.41) is 5.56. The minimum absolute atomic E-state index is 0.208. The van der Waals surface area contributed by atoms with Crippen LogP contribution in [0.5, 0.6) is 0 Å². The summed E-state index contributed by atoms with van der Waals surface area (Å²) in [6.45, 7) is 4.88. The van der Waals surface area contributed by atoms with E-state index in [4.69, 9.17) is 0 Å². The van der Waals surface area contributed by atoms with Crippen LogP contribution in [-0.2, 0) is 16.0 Å². The average Bonchev–Trinajstić information content (AvgIpc) is 2.75. The minimum atomic E-state index is -0.740. The minimum Gasteiger partial charge on any atom is -0.344 e. The predicted octanol–water partition coefficient (Wildman–Crippen LogP) is 2.56. The fourth-order valence-corrected chi connectivity index (χ4v) is 3.49. The Morgan fingerprint density at radius 2 is 1.52 bits per heavy atom. The Balaban J connectivity index is 1.57. The van der Waals surface area contributed by atoms with Crippen molar-refractivity contribution in [2.24, 2.45) is 0 Å². The number of carbonyl (C=O) groups excluding carboxylic acids is 3. The quantitative estimate of drug-likeness (QED) is 0.771. The molecule has 1 heterocycles. The molecule has 0 radical (unpaired) electrons. The number of carbonyl (C=O) groups is 3. The van der Waals surface area contributed by atoms with E-state index < -0.39 is 6.04 Å². The van der Waals surface area contributed by atoms with Crippen LogP contribution in [0.1, 0.15) is 18.1 Å². The number of hydrogen-bond donors (Lipinski definition) is 2. The maximum absolute atomic E-state index is 13.2. The lowest BCUT2D eigenvalue weighted by Gasteiger charge is -2.36. The molecule has 1 atom stereocenters. The van der Waals surface area contributed by atoms with Gasteiger partial charge in [0.2, 0.25) is 11.8 Å². The van der Waals surface area contributed by atoms with Gasteiger partial charge in [0, 0.05) is 45.2 Å². The van der Waals surface area contributed by atoms with Crippen LogP contribution < -0.4 is 10.6 Å². The van der Waals surface area contributed by atoms with Crippen molar-refractivity contribution in [1.82, 2.24) is 15.1 Å². The first-order valence-electron chi connectivity index (χ1n) is 10.2. The Hall–Kier alpha value is -3.42. The molecule has 4 amide bonds. The fourth-order valence-electron chi connectivity index (χ4n) is 3.49. The van der Waals surface area contributed by atoms with Crippen LogP contribution in [0.4, 0.5) is 14.9 Å². The van der Waals surface area contributed by atoms with Gasteiger partial charge in [-0.25, -0.2) is 9.18 Å². The van der Waals surface area contributed by atoms with Gasteiger partial charge in [0.25, 0.3) is 0 Å². The van der Waals surface area contributed by atoms with Gasteiger partial charge in [-0.15, -0.1) is 0 Å². The summed E-state index contributed by atoms with van der Waals surface area (Å²) >= 11 is 0. The van der Waals surface area contributed by atoms with Crippen molar-refractivity contribution in [3.63, 3.8) is 0 Å². The Labute approximate surface area is 181 Å². The molecule has 8 heteroatoms. The zero-order chi connectivity index (χ0) is 22.4. The molecule has 0 spiro atoms. The molecular weight excluding hydrogens is 399 g/mol. The number of rotatable bonds is 5. The molecule has 3 rings (SSSR count). The van der Waals surface area contributed by atoms with Crippen LogP contribution in [0.25, 0.3) is 0 Å². The van der Waals surface area contributed by atoms with Crippen molar-refractivity contribution in [3.8, 4) is 0 Å². The third-order valence-electron chi connectivity index (χ3n) is 5.21. The fraction of sp³-hybridized carbons (Fsp3) is 0.348. The molecule has 1 saturated heterocycles. The molecule has 164 valence electrons. The topological polar surface area (TPSA) is 81.8 Å². The Morgan fingerprint density at radius 1 is 0.935 bits per heavy atom. The summed E-state index contributed by atoms with van der Waals surface area (Å²) < 4.78 is 13.2. The number of amides is 4. The first-order chi connectivity index (χ1) is 14.8. The Bertz CT molecular complexity index is 923. The van der Waals surface area contributed by atoms with Gasteiger partial charge in [0.1, 0.15) is 11.9 Å². The number of aryl methyl sites for hydroxylation is 1. The molecule has 2 aromatic rings. The predicted molar refractivity (Wildman–Crippen MR) is 116 cm³/mol. The number of nitrogens with zero attached hydrogens (tertiary/aromatic N) is 2. The highest BCUT2D eigenvalue weighted by molar-refractivity contribution is 5.90. The largest absolute Gasteiger partial charge is 0.344 e. The lowest BCUT2D eigenvalue weighted by atomic mass is 10.0. The molecule has 0 saturated carbocycles. The zero-order valence-electron chi connectivity index (χ0n) is 17.7. The summed E-state index contributed by atoms with van der Waals surface area (Å²) in [6.07, 6.45) is 0.271. The number of halogens is 1. The third-order valence-corrected chi connectivity index (χ3v) is 5.21. The second-order valence-corrected chi connectivity index (χ2v) is 7.69. The van der Waals surface area contributed by atoms with Crippen molar-refractivity contribution in [2.45, 2.75) is 26.3 Å². The summed E-state index contributed by atoms with van der Waals surface area (Å²) in [6, 6.07) is 12.5. The first-order valence-corrected chi connectivity index (χ1v) is 10.2. The van der Waals surface area contributed by atoms with E-state index in [-0.39, 0.29) is 30.1 Å². The van der Waals surface area contributed by atoms with Crippen LogP contribution in [0, 0.1) is 12.7 Å². The number of hydrogen-bond acceptors (Lipinski definition) is 3. The summed E-state index contributed by atoms with van der Waals surface area (Å²) in [7, 11) is 0. The van der Waals surface area contributed by atoms with E-state index >= 15 is 0 Å². The van der Waals surface area contributed by atoms with Crippen molar-refractivity contribution in [2.75, 3.05) is 31.5 Å². The molecule has 2 aromatic carbocycles. The lowest BCUT2D eigenvalue weighted by molar-refractivity contribution is -0.137. The standard InChI is InChI=1S/C23H27FN4O3/c1-16-3-9-20(10-4-16)26-23(31)28-13-11-27(12-14-28)22(30)21(25-17(2)29)15-18-5-7-19(24)8-6-18/h3-10,21H,11-15H2,1-2H3,(H,25,29)(H,26,31)/t21-/m0/s1. The molecule has 1 fully saturated rings. The highest BCUT2D eigenvalue weighted by Crippen LogP contribution is 2.13. The second kappa shape index (κ2) is 10.1. The van der Waals surface area contributed by atoms with Gasteiger partial charge in [-0.3, -0.25) is 9.59 Å². The number of benzene rings is 2. The van der Waals surface area contributed by atoms with Gasteiger partial charge in [0.15, 0.2) is 0 Å². The molecule has 7 nitrogen and oxygen atoms in total. The van der Waals surface area contributed by atoms with Gasteiger partial charge in [-0.05, 0) is 36.8 Å². The van der Waals surface area contributed by atoms with Gasteiger partial charge in [-0.1, -0.05) is 29.8 Å². The van der Waals surface area contributed by atoms with E-state index in [1.807, 2.05) is 31.2 Å². The SMILES string of the molecule is CC(=O)N[C@@H](Cc1ccc(F)cc1)C(=O)N1CCN(C(=O)Nc2ccc(C)cc2)CC1. The lowest BCUT2D eigenvalue weighted by Crippen LogP contribution is -2.56. The molecule has 2 N–H and O–H groups in total. The normalized spacial score (nSPS) is 14.7. The van der Waals surface area contributed by atoms with Crippen molar-refractivity contribution in [3.05, 3.63) is 65.5 Å². The smallest absolute Gasteiger partial charge is 0.321 e. The monoisotopic (exact) mass is 426 g/mol. The Kier molecular flexibility index (Phi) is 7.23. The van der Waals surface area contributed by atoms with E-state index in [9.17, 15) is 18.8 Å². The zero-order valence-corrected chi connectivity index (χ0v) is 17.7. The molecule has 0 aliphatic carbocycles. The molecule has 31 heavy (non-hydrogen) atoms. The van der Waals surface area contributed by atoms with E-state index in [0.717, 1.165) is 16.8 Å². The third kappa shape index (κ3) is 6.28. The van der Waals surface area contributed by atoms with Crippen molar-refractivity contribution in [1.29, 1.82) is 0 Å². The summed E-state index contributed by atoms with van der Waals surface area (Å²) in [4.78, 5) is 40.5. The van der Waals surface area contributed by atoms with Gasteiger partial charge in [0.05, 0.1) is 0 Å². The molecule has 0 bridgehead atoms. The number of nitrogens with one attached hydrogen (secondary N) is 2. The Morgan fingerprint density at radius 3 is 2.10 bits per heavy atom. The first kappa shape index (κ1) is 22.3. The molecule has 0 aromatic heterocycles. The van der Waals surface area contributed by atoms with Gasteiger partial charge < -0.3 is 20.4 Å². The molecule has 1 aliphatic rings. The van der Waals surface area contributed by atoms with Crippen LogP contribution >= 0.6 is 0 Å². The highest BCUT2D eigenvalue weighted by Gasteiger charge is 2.29. The van der Waals surface area contributed by atoms with E-state index in [1.165, 1.54) is 19.1 Å². The number of piperazine rings is 1. The maximum Gasteiger partial charge on any atom is 0.321 e. The highest BCUT2D eigenvalue weighted by atomic mass is 19.1. The summed E-state index contributed by atoms with van der Waals surface area (Å²) in [5.74, 6) is -0.874. The van der Waals surface area contributed by atoms with Crippen LogP contribution in [-0.4, -0.2) is 59.9 Å². The van der Waals surface area contributed by atoms with Gasteiger partial charge >= 0.3 is 6.03 Å². The number of anilines is 1. The second-order valence-electron chi connectivity index (χ2n) is 7.69. The maximum atomic E-state index is 13.2.